The molecule has 6 aromatic carbocycles. The number of para-hydroxylation sites is 3. The van der Waals surface area contributed by atoms with E-state index in [1.807, 2.05) is 24.3 Å². The highest BCUT2D eigenvalue weighted by molar-refractivity contribution is 8.76. The molecule has 10 amide bonds. The molecular formula is C106H136Cl2N15O13S2+. The first-order chi connectivity index (χ1) is 66.4. The van der Waals surface area contributed by atoms with Crippen LogP contribution in [0.4, 0.5) is 17.1 Å². The molecule has 0 saturated carbocycles. The summed E-state index contributed by atoms with van der Waals surface area (Å²) in [4.78, 5) is 167. The van der Waals surface area contributed by atoms with Gasteiger partial charge in [-0.25, -0.2) is 0 Å². The lowest BCUT2D eigenvalue weighted by molar-refractivity contribution is -0.401. The Kier molecular flexibility index (Phi) is 40.6. The monoisotopic (exact) mass is 1960 g/mol. The van der Waals surface area contributed by atoms with Crippen molar-refractivity contribution in [2.45, 2.75) is 229 Å². The number of amides is 10. The van der Waals surface area contributed by atoms with Crippen LogP contribution in [0.25, 0.3) is 10.9 Å². The minimum atomic E-state index is -1.60. The van der Waals surface area contributed by atoms with Crippen molar-refractivity contribution in [1.82, 2.24) is 52.8 Å². The Labute approximate surface area is 828 Å². The molecule has 11 rings (SSSR count). The molecule has 1 fully saturated rings. The van der Waals surface area contributed by atoms with Crippen LogP contribution in [-0.4, -0.2) is 210 Å². The number of aromatic nitrogens is 1. The molecule has 0 unspecified atom stereocenters. The van der Waals surface area contributed by atoms with Gasteiger partial charge in [-0.2, -0.15) is 4.58 Å². The maximum absolute atomic E-state index is 15.4. The van der Waals surface area contributed by atoms with Crippen molar-refractivity contribution < 1.29 is 67.2 Å². The molecule has 738 valence electrons. The summed E-state index contributed by atoms with van der Waals surface area (Å²) in [5.41, 5.74) is 26.1. The summed E-state index contributed by atoms with van der Waals surface area (Å²) in [7, 11) is 4.10. The number of aliphatic hydroxyl groups excluding tert-OH is 1. The molecule has 0 spiro atoms. The number of aryl methyl sites for hydroxylation is 1. The number of ether oxygens (including phenoxy) is 1. The summed E-state index contributed by atoms with van der Waals surface area (Å²) in [6.07, 6.45) is 16.4. The van der Waals surface area contributed by atoms with Gasteiger partial charge in [-0.3, -0.25) is 52.7 Å². The van der Waals surface area contributed by atoms with Crippen LogP contribution in [0, 0.1) is 5.92 Å². The van der Waals surface area contributed by atoms with Gasteiger partial charge in [0.05, 0.1) is 11.5 Å². The number of alkyl halides is 2. The second kappa shape index (κ2) is 52.5. The minimum Gasteiger partial charge on any atom is -0.461 e. The number of nitrogens with zero attached hydrogens (tertiary/aromatic N) is 3. The van der Waals surface area contributed by atoms with E-state index in [0.717, 1.165) is 110 Å². The summed E-state index contributed by atoms with van der Waals surface area (Å²) in [5, 5.41) is 36.6. The van der Waals surface area contributed by atoms with Crippen LogP contribution in [0.1, 0.15) is 172 Å². The number of hydrogen-bond acceptors (Lipinski definition) is 18. The minimum absolute atomic E-state index is 0.0418. The number of nitrogens with one attached hydrogen (secondary N) is 10. The third-order valence-electron chi connectivity index (χ3n) is 26.0. The van der Waals surface area contributed by atoms with Gasteiger partial charge in [0.1, 0.15) is 62.0 Å². The van der Waals surface area contributed by atoms with Crippen LogP contribution in [0.5, 0.6) is 0 Å². The van der Waals surface area contributed by atoms with Gasteiger partial charge in [-0.1, -0.05) is 195 Å². The summed E-state index contributed by atoms with van der Waals surface area (Å²) in [6, 6.07) is 39.1. The fraction of sp³-hybridized carbons (Fsp3) is 0.453. The van der Waals surface area contributed by atoms with E-state index in [9.17, 15) is 38.7 Å². The van der Waals surface area contributed by atoms with Crippen LogP contribution in [0.15, 0.2) is 211 Å². The highest BCUT2D eigenvalue weighted by Crippen LogP contribution is 2.48. The number of H-pyrrole nitrogens is 1. The number of fused-ring (bicyclic) bond motifs is 3. The molecule has 3 aliphatic heterocycles. The molecule has 28 nitrogen and oxygen atoms in total. The molecule has 4 aliphatic rings. The van der Waals surface area contributed by atoms with Gasteiger partial charge in [-0.15, -0.1) is 23.2 Å². The van der Waals surface area contributed by atoms with Crippen molar-refractivity contribution in [2.24, 2.45) is 17.4 Å². The van der Waals surface area contributed by atoms with Crippen molar-refractivity contribution in [3.8, 4) is 0 Å². The second-order valence-corrected chi connectivity index (χ2v) is 40.5. The first kappa shape index (κ1) is 107. The second-order valence-electron chi connectivity index (χ2n) is 37.2. The SMILES string of the molecule is CC(C)[C@@H]1NC(=O)[C@H](CCCCN)NC(=O)[C@H](Cc2c[nH]c3ccccc23)NC(=O)[C@H](Cc2ccccc2)NC(=O)[C@@H](NC(=O)[C@H](Cc2ccccc2)NC(=O)CCCNC(=O)CCCCCN2/C(=C/C=C3\CCCC(/C=C/C4=[N+](C)c5ccccc5C4(C)C)=C3COC(=O)CCCc3ccc(N(CCCl)CCCl)cc3)C(C)(C)c3ccccc32)CSSC[C@@H](C(=O)N[C@H](C(N)=O)[C@@H](C)O)NC1=O. The van der Waals surface area contributed by atoms with Gasteiger partial charge in [0.15, 0.2) is 5.71 Å². The topological polar surface area (TPSA) is 403 Å². The number of hydrogen-bond donors (Lipinski definition) is 13. The molecule has 0 radical (unpaired) electrons. The normalized spacial score (nSPS) is 20.1. The summed E-state index contributed by atoms with van der Waals surface area (Å²) in [6.45, 7) is 16.2. The van der Waals surface area contributed by atoms with E-state index in [0.29, 0.717) is 73.8 Å². The molecule has 1 aliphatic carbocycles. The molecule has 4 heterocycles. The van der Waals surface area contributed by atoms with Crippen molar-refractivity contribution in [2.75, 3.05) is 79.4 Å². The summed E-state index contributed by atoms with van der Waals surface area (Å²) >= 11 is 12.2. The Morgan fingerprint density at radius 1 is 0.638 bits per heavy atom. The van der Waals surface area contributed by atoms with Crippen molar-refractivity contribution in [1.29, 1.82) is 0 Å². The maximum atomic E-state index is 15.4. The number of unbranched alkanes of at least 4 members (excludes halogenated alkanes) is 3. The zero-order chi connectivity index (χ0) is 99.0. The van der Waals surface area contributed by atoms with Crippen molar-refractivity contribution in [3.05, 3.63) is 244 Å². The van der Waals surface area contributed by atoms with Gasteiger partial charge in [-0.05, 0) is 179 Å². The van der Waals surface area contributed by atoms with Crippen molar-refractivity contribution in [3.63, 3.8) is 0 Å². The molecule has 32 heteroatoms. The molecular weight excluding hydrogens is 1830 g/mol. The molecule has 9 atom stereocenters. The maximum Gasteiger partial charge on any atom is 0.306 e. The van der Waals surface area contributed by atoms with E-state index in [-0.39, 0.29) is 105 Å². The van der Waals surface area contributed by atoms with Crippen LogP contribution in [0.3, 0.4) is 0 Å². The quantitative estimate of drug-likeness (QED) is 0.00556. The van der Waals surface area contributed by atoms with E-state index in [1.54, 1.807) is 80.7 Å². The predicted octanol–water partition coefficient (Wildman–Crippen LogP) is 11.8. The number of allylic oxidation sites excluding steroid dienone is 6. The zero-order valence-corrected chi connectivity index (χ0v) is 83.5. The van der Waals surface area contributed by atoms with Gasteiger partial charge < -0.3 is 83.9 Å². The summed E-state index contributed by atoms with van der Waals surface area (Å²) in [5.74, 6) is -8.00. The van der Waals surface area contributed by atoms with E-state index in [4.69, 9.17) is 39.4 Å². The highest BCUT2D eigenvalue weighted by atomic mass is 35.5. The first-order valence-electron chi connectivity index (χ1n) is 48.1. The van der Waals surface area contributed by atoms with E-state index in [2.05, 4.69) is 199 Å². The average molecular weight is 1960 g/mol. The Hall–Kier alpha value is -11.5. The Balaban J connectivity index is 0.763. The Morgan fingerprint density at radius 2 is 1.28 bits per heavy atom. The molecule has 1 aromatic heterocycles. The van der Waals surface area contributed by atoms with E-state index >= 15 is 19.2 Å². The number of benzene rings is 6. The number of carbonyl (C=O) groups is 11. The van der Waals surface area contributed by atoms with Gasteiger partial charge in [0.2, 0.25) is 64.8 Å². The predicted molar refractivity (Wildman–Crippen MR) is 549 cm³/mol. The molecule has 7 aromatic rings. The molecule has 15 N–H and O–H groups in total. The smallest absolute Gasteiger partial charge is 0.306 e. The number of esters is 1. The van der Waals surface area contributed by atoms with Gasteiger partial charge >= 0.3 is 5.97 Å². The standard InChI is InChI=1S/C106H135Cl2N15O13S2/c1-68(2)95-104(135)118-87(103(134)120-96(69(3)124)97(110)128)67-138-137-66-86(102(133)115-84(62-72-31-14-10-15-32-72)100(131)116-85(63-75-64-112-81-39-20-17-36-77(75)81)101(132)114-82(98(129)119-95)40-23-24-56-109)117-99(130)83(61-71-29-12-9-13-30-71)113-93(126)44-28-57-111-92(125)43-16-11-25-58-123-89-42-22-19-38-80(89)106(6,7)91(123)53-49-74-35-27-34-73(48-52-90-105(4,5)79-37-18-21-41-88(79)121(90)8)78(74)65-136-94(127)45-26-33-70-46-50-76(51-47-70)122(59-54-107)60-55-108/h9-10,12-15,17-22,29-32,36-39,41-42,46-53,64,68-69,82-87,95-96,112,124H,11,16,23-28,33-35,40,43-45,54-63,65-67,109H2,1-8H3,(H10-,110,111,113,114,115,116,117,118,119,120,125,126,128,129,130,131,132,133,134,135)/p+1/t69-,82+,83+,84+,85+,86+,87+,95+,96+/m1/s1. The lowest BCUT2D eigenvalue weighted by atomic mass is 9.80. The zero-order valence-electron chi connectivity index (χ0n) is 80.4. The van der Waals surface area contributed by atoms with Crippen LogP contribution in [-0.2, 0) is 94.0 Å². The first-order valence-corrected chi connectivity index (χ1v) is 51.7. The fourth-order valence-electron chi connectivity index (χ4n) is 18.3. The van der Waals surface area contributed by atoms with Crippen molar-refractivity contribution >= 4 is 144 Å². The lowest BCUT2D eigenvalue weighted by Crippen LogP contribution is -2.62. The number of primary amides is 1. The third-order valence-corrected chi connectivity index (χ3v) is 28.8. The number of aliphatic hydroxyl groups is 1. The van der Waals surface area contributed by atoms with Gasteiger partial charge in [0.25, 0.3) is 0 Å². The Bertz CT molecular complexity index is 5540. The molecule has 0 bridgehead atoms. The summed E-state index contributed by atoms with van der Waals surface area (Å²) < 4.78 is 8.55. The van der Waals surface area contributed by atoms with Crippen LogP contribution >= 0.6 is 44.8 Å². The molecule has 1 saturated heterocycles. The largest absolute Gasteiger partial charge is 0.461 e. The third kappa shape index (κ3) is 29.8. The number of carbonyl (C=O) groups excluding carboxylic acids is 11. The van der Waals surface area contributed by atoms with Crippen LogP contribution < -0.4 is 69.1 Å². The van der Waals surface area contributed by atoms with Gasteiger partial charge in [0, 0.05) is 145 Å². The fourth-order valence-corrected chi connectivity index (χ4v) is 21.0. The van der Waals surface area contributed by atoms with Crippen LogP contribution in [0.2, 0.25) is 0 Å². The Morgan fingerprint density at radius 3 is 1.98 bits per heavy atom. The number of halogens is 2. The van der Waals surface area contributed by atoms with E-state index in [1.165, 1.54) is 29.4 Å². The highest BCUT2D eigenvalue weighted by Gasteiger charge is 2.45. The number of aromatic amines is 1. The number of rotatable bonds is 42. The lowest BCUT2D eigenvalue weighted by Gasteiger charge is -2.29. The molecule has 138 heavy (non-hydrogen) atoms. The number of nitrogens with two attached hydrogens (primary N) is 2. The average Bonchev–Trinajstić information content (AvgIpc) is 1.60. The van der Waals surface area contributed by atoms with E-state index < -0.39 is 114 Å². The number of anilines is 2.